The highest BCUT2D eigenvalue weighted by Gasteiger charge is 2.28. The second-order valence-electron chi connectivity index (χ2n) is 2.70. The third-order valence-electron chi connectivity index (χ3n) is 1.50. The van der Waals surface area contributed by atoms with Crippen molar-refractivity contribution in [2.24, 2.45) is 0 Å². The lowest BCUT2D eigenvalue weighted by Gasteiger charge is -2.16. The zero-order valence-electron chi connectivity index (χ0n) is 7.37. The molecule has 0 fully saturated rings. The average Bonchev–Trinajstić information content (AvgIpc) is 1.99. The summed E-state index contributed by atoms with van der Waals surface area (Å²) in [5, 5.41) is 0. The zero-order valence-corrected chi connectivity index (χ0v) is 9.78. The molecule has 1 unspecified atom stereocenters. The largest absolute Gasteiger partial charge is 0.350 e. The molecule has 0 bridgehead atoms. The number of hydrogen-bond donors (Lipinski definition) is 0. The summed E-state index contributed by atoms with van der Waals surface area (Å²) >= 11 is 3.20. The van der Waals surface area contributed by atoms with E-state index in [0.717, 1.165) is 7.05 Å². The van der Waals surface area contributed by atoms with Gasteiger partial charge in [0, 0.05) is 18.4 Å². The predicted octanol–water partition coefficient (Wildman–Crippen LogP) is 1.64. The first kappa shape index (κ1) is 13.2. The van der Waals surface area contributed by atoms with Gasteiger partial charge in [-0.1, -0.05) is 22.9 Å². The maximum Gasteiger partial charge on any atom is 0.350 e. The van der Waals surface area contributed by atoms with Gasteiger partial charge in [-0.25, -0.2) is 12.7 Å². The van der Waals surface area contributed by atoms with Crippen molar-refractivity contribution in [2.45, 2.75) is 23.9 Å². The van der Waals surface area contributed by atoms with Crippen molar-refractivity contribution in [3.8, 4) is 0 Å². The van der Waals surface area contributed by atoms with E-state index in [1.54, 1.807) is 0 Å². The molecule has 0 N–H and O–H groups in total. The van der Waals surface area contributed by atoms with Gasteiger partial charge in [0.2, 0.25) is 0 Å². The molecule has 0 spiro atoms. The molecule has 0 saturated heterocycles. The van der Waals surface area contributed by atoms with Crippen LogP contribution < -0.4 is 0 Å². The smallest absolute Gasteiger partial charge is 0.206 e. The standard InChI is InChI=1S/C6H12BrF2NO2S/c1-5(7)3-4-10(2)13(11,12)6(8)9/h5-6H,3-4H2,1-2H3. The SMILES string of the molecule is CC(Br)CCN(C)S(=O)(=O)C(F)F. The summed E-state index contributed by atoms with van der Waals surface area (Å²) in [6.07, 6.45) is 0.502. The summed E-state index contributed by atoms with van der Waals surface area (Å²) in [7, 11) is -3.24. The number of halogens is 3. The van der Waals surface area contributed by atoms with Gasteiger partial charge in [0.05, 0.1) is 0 Å². The summed E-state index contributed by atoms with van der Waals surface area (Å²) in [4.78, 5) is 0.114. The van der Waals surface area contributed by atoms with Crippen molar-refractivity contribution >= 4 is 26.0 Å². The third kappa shape index (κ3) is 4.33. The Labute approximate surface area is 85.3 Å². The van der Waals surface area contributed by atoms with Crippen LogP contribution in [0.5, 0.6) is 0 Å². The summed E-state index contributed by atoms with van der Waals surface area (Å²) in [6, 6.07) is 0. The lowest BCUT2D eigenvalue weighted by molar-refractivity contribution is 0.222. The monoisotopic (exact) mass is 279 g/mol. The molecule has 0 aromatic rings. The Balaban J connectivity index is 4.19. The van der Waals surface area contributed by atoms with E-state index in [9.17, 15) is 17.2 Å². The first-order valence-electron chi connectivity index (χ1n) is 3.66. The maximum atomic E-state index is 11.9. The normalized spacial score (nSPS) is 15.3. The Hall–Kier alpha value is 0.250. The van der Waals surface area contributed by atoms with Crippen LogP contribution in [0, 0.1) is 0 Å². The van der Waals surface area contributed by atoms with Gasteiger partial charge in [-0.2, -0.15) is 8.78 Å². The number of sulfonamides is 1. The van der Waals surface area contributed by atoms with Crippen molar-refractivity contribution in [3.63, 3.8) is 0 Å². The van der Waals surface area contributed by atoms with Crippen LogP contribution >= 0.6 is 15.9 Å². The van der Waals surface area contributed by atoms with E-state index in [0.29, 0.717) is 10.7 Å². The van der Waals surface area contributed by atoms with Crippen molar-refractivity contribution < 1.29 is 17.2 Å². The minimum atomic E-state index is -4.39. The van der Waals surface area contributed by atoms with Crippen LogP contribution in [-0.4, -0.2) is 36.9 Å². The predicted molar refractivity (Wildman–Crippen MR) is 50.6 cm³/mol. The van der Waals surface area contributed by atoms with E-state index in [1.807, 2.05) is 6.92 Å². The first-order chi connectivity index (χ1) is 5.78. The molecule has 13 heavy (non-hydrogen) atoms. The van der Waals surface area contributed by atoms with E-state index in [-0.39, 0.29) is 11.4 Å². The molecule has 80 valence electrons. The molecule has 0 aliphatic heterocycles. The van der Waals surface area contributed by atoms with Crippen LogP contribution in [0.1, 0.15) is 13.3 Å². The van der Waals surface area contributed by atoms with Crippen LogP contribution in [0.2, 0.25) is 0 Å². The van der Waals surface area contributed by atoms with Crippen molar-refractivity contribution in [3.05, 3.63) is 0 Å². The van der Waals surface area contributed by atoms with Gasteiger partial charge in [0.15, 0.2) is 0 Å². The van der Waals surface area contributed by atoms with Crippen molar-refractivity contribution in [1.82, 2.24) is 4.31 Å². The lowest BCUT2D eigenvalue weighted by atomic mass is 10.3. The van der Waals surface area contributed by atoms with Crippen LogP contribution in [0.15, 0.2) is 0 Å². The van der Waals surface area contributed by atoms with E-state index < -0.39 is 15.8 Å². The van der Waals surface area contributed by atoms with E-state index in [4.69, 9.17) is 0 Å². The fourth-order valence-electron chi connectivity index (χ4n) is 0.623. The minimum absolute atomic E-state index is 0.0963. The highest BCUT2D eigenvalue weighted by molar-refractivity contribution is 9.09. The molecule has 0 aromatic heterocycles. The van der Waals surface area contributed by atoms with Gasteiger partial charge < -0.3 is 0 Å². The first-order valence-corrected chi connectivity index (χ1v) is 6.07. The van der Waals surface area contributed by atoms with Crippen LogP contribution in [-0.2, 0) is 10.0 Å². The van der Waals surface area contributed by atoms with Crippen molar-refractivity contribution in [2.75, 3.05) is 13.6 Å². The van der Waals surface area contributed by atoms with Crippen LogP contribution in [0.4, 0.5) is 8.78 Å². The van der Waals surface area contributed by atoms with E-state index in [1.165, 1.54) is 0 Å². The Kier molecular flexibility index (Phi) is 5.31. The molecule has 0 heterocycles. The van der Waals surface area contributed by atoms with Gasteiger partial charge in [-0.05, 0) is 6.42 Å². The van der Waals surface area contributed by atoms with E-state index in [2.05, 4.69) is 15.9 Å². The van der Waals surface area contributed by atoms with Crippen LogP contribution in [0.25, 0.3) is 0 Å². The van der Waals surface area contributed by atoms with Gasteiger partial charge in [-0.15, -0.1) is 0 Å². The molecular formula is C6H12BrF2NO2S. The number of nitrogens with zero attached hydrogens (tertiary/aromatic N) is 1. The quantitative estimate of drug-likeness (QED) is 0.718. The van der Waals surface area contributed by atoms with Crippen molar-refractivity contribution in [1.29, 1.82) is 0 Å². The number of alkyl halides is 3. The zero-order chi connectivity index (χ0) is 10.6. The molecule has 0 aliphatic rings. The Bertz CT molecular complexity index is 243. The highest BCUT2D eigenvalue weighted by Crippen LogP contribution is 2.12. The average molecular weight is 280 g/mol. The Morgan fingerprint density at radius 3 is 2.23 bits per heavy atom. The van der Waals surface area contributed by atoms with Gasteiger partial charge in [0.25, 0.3) is 10.0 Å². The summed E-state index contributed by atoms with van der Waals surface area (Å²) < 4.78 is 46.2. The Morgan fingerprint density at radius 1 is 1.46 bits per heavy atom. The van der Waals surface area contributed by atoms with Gasteiger partial charge in [0.1, 0.15) is 0 Å². The Morgan fingerprint density at radius 2 is 1.92 bits per heavy atom. The topological polar surface area (TPSA) is 37.4 Å². The molecule has 0 amide bonds. The van der Waals surface area contributed by atoms with E-state index >= 15 is 0 Å². The van der Waals surface area contributed by atoms with Gasteiger partial charge >= 0.3 is 5.76 Å². The molecule has 1 atom stereocenters. The molecule has 0 saturated carbocycles. The lowest BCUT2D eigenvalue weighted by Crippen LogP contribution is -2.33. The fourth-order valence-corrected chi connectivity index (χ4v) is 1.46. The number of rotatable bonds is 5. The second-order valence-corrected chi connectivity index (χ2v) is 6.27. The fraction of sp³-hybridized carbons (Fsp3) is 1.00. The second kappa shape index (κ2) is 5.21. The summed E-state index contributed by atoms with van der Waals surface area (Å²) in [6.45, 7) is 1.92. The minimum Gasteiger partial charge on any atom is -0.206 e. The summed E-state index contributed by atoms with van der Waals surface area (Å²) in [5.41, 5.74) is 0. The third-order valence-corrected chi connectivity index (χ3v) is 3.46. The van der Waals surface area contributed by atoms with Crippen LogP contribution in [0.3, 0.4) is 0 Å². The molecule has 0 radical (unpaired) electrons. The van der Waals surface area contributed by atoms with Gasteiger partial charge in [-0.3, -0.25) is 0 Å². The molecule has 0 rings (SSSR count). The summed E-state index contributed by atoms with van der Waals surface area (Å²) in [5.74, 6) is -3.33. The molecule has 0 aromatic carbocycles. The molecular weight excluding hydrogens is 268 g/mol. The molecule has 0 aliphatic carbocycles. The maximum absolute atomic E-state index is 11.9. The molecule has 7 heteroatoms. The number of hydrogen-bond acceptors (Lipinski definition) is 2. The highest BCUT2D eigenvalue weighted by atomic mass is 79.9. The molecule has 3 nitrogen and oxygen atoms in total.